The Hall–Kier alpha value is -3.95. The van der Waals surface area contributed by atoms with Gasteiger partial charge in [0.25, 0.3) is 0 Å². The van der Waals surface area contributed by atoms with Crippen LogP contribution in [0.1, 0.15) is 18.1 Å². The average molecular weight is 426 g/mol. The van der Waals surface area contributed by atoms with E-state index in [4.69, 9.17) is 16.2 Å². The van der Waals surface area contributed by atoms with Crippen LogP contribution < -0.4 is 21.7 Å². The van der Waals surface area contributed by atoms with Gasteiger partial charge >= 0.3 is 6.09 Å². The summed E-state index contributed by atoms with van der Waals surface area (Å²) < 4.78 is 20.4. The van der Waals surface area contributed by atoms with E-state index in [9.17, 15) is 9.59 Å². The van der Waals surface area contributed by atoms with Crippen LogP contribution in [0.15, 0.2) is 46.6 Å². The molecule has 1 heterocycles. The average Bonchev–Trinajstić information content (AvgIpc) is 3.09. The van der Waals surface area contributed by atoms with Crippen molar-refractivity contribution in [3.05, 3.63) is 53.3 Å². The number of ether oxygens (including phenoxy) is 1. The van der Waals surface area contributed by atoms with E-state index in [0.717, 1.165) is 5.56 Å². The number of anilines is 1. The predicted molar refractivity (Wildman–Crippen MR) is 116 cm³/mol. The summed E-state index contributed by atoms with van der Waals surface area (Å²) in [6.07, 6.45) is 0.409. The Kier molecular flexibility index (Phi) is 6.49. The molecule has 1 fully saturated rings. The molecule has 0 saturated carbocycles. The molecule has 1 aliphatic rings. The Morgan fingerprint density at radius 3 is 2.65 bits per heavy atom. The smallest absolute Gasteiger partial charge is 0.414 e. The Bertz CT molecular complexity index is 1050. The Balaban J connectivity index is 1.79. The number of nitrogens with one attached hydrogen (secondary N) is 1. The van der Waals surface area contributed by atoms with Crippen molar-refractivity contribution in [1.82, 2.24) is 5.32 Å². The van der Waals surface area contributed by atoms with Gasteiger partial charge in [0, 0.05) is 18.1 Å². The van der Waals surface area contributed by atoms with Crippen LogP contribution in [0, 0.1) is 12.7 Å². The van der Waals surface area contributed by atoms with E-state index >= 15 is 4.39 Å². The van der Waals surface area contributed by atoms with Crippen molar-refractivity contribution >= 4 is 29.9 Å². The second-order valence-corrected chi connectivity index (χ2v) is 7.02. The minimum Gasteiger partial charge on any atom is -0.442 e. The summed E-state index contributed by atoms with van der Waals surface area (Å²) >= 11 is 0. The molecule has 0 aromatic heterocycles. The Morgan fingerprint density at radius 2 is 2.00 bits per heavy atom. The van der Waals surface area contributed by atoms with Crippen LogP contribution >= 0.6 is 0 Å². The van der Waals surface area contributed by atoms with Gasteiger partial charge in [-0.05, 0) is 30.2 Å². The number of rotatable bonds is 6. The lowest BCUT2D eigenvalue weighted by Gasteiger charge is -2.18. The number of halogens is 1. The molecule has 2 aromatic carbocycles. The van der Waals surface area contributed by atoms with Crippen LogP contribution in [-0.2, 0) is 9.53 Å². The fraction of sp³-hybridized carbons (Fsp3) is 0.238. The molecular formula is C21H23FN6O3. The lowest BCUT2D eigenvalue weighted by Crippen LogP contribution is -2.33. The van der Waals surface area contributed by atoms with Crippen molar-refractivity contribution in [1.29, 1.82) is 0 Å². The van der Waals surface area contributed by atoms with Crippen molar-refractivity contribution in [2.24, 2.45) is 21.7 Å². The van der Waals surface area contributed by atoms with Crippen molar-refractivity contribution in [3.63, 3.8) is 0 Å². The summed E-state index contributed by atoms with van der Waals surface area (Å²) in [6, 6.07) is 10.3. The van der Waals surface area contributed by atoms with Crippen LogP contribution in [-0.4, -0.2) is 43.4 Å². The van der Waals surface area contributed by atoms with Gasteiger partial charge in [0.2, 0.25) is 11.9 Å². The molecule has 0 radical (unpaired) electrons. The zero-order valence-corrected chi connectivity index (χ0v) is 17.1. The highest BCUT2D eigenvalue weighted by Gasteiger charge is 2.33. The first-order valence-electron chi connectivity index (χ1n) is 9.50. The van der Waals surface area contributed by atoms with Gasteiger partial charge in [0.15, 0.2) is 0 Å². The maximum atomic E-state index is 15.2. The summed E-state index contributed by atoms with van der Waals surface area (Å²) in [5.41, 5.74) is 13.0. The highest BCUT2D eigenvalue weighted by Crippen LogP contribution is 2.33. The van der Waals surface area contributed by atoms with Gasteiger partial charge in [-0.15, -0.1) is 5.10 Å². The molecule has 1 saturated heterocycles. The Morgan fingerprint density at radius 1 is 1.29 bits per heavy atom. The van der Waals surface area contributed by atoms with Crippen molar-refractivity contribution < 1.29 is 18.7 Å². The van der Waals surface area contributed by atoms with Gasteiger partial charge in [0.1, 0.15) is 11.9 Å². The van der Waals surface area contributed by atoms with Gasteiger partial charge in [-0.1, -0.05) is 24.3 Å². The summed E-state index contributed by atoms with van der Waals surface area (Å²) in [6.45, 7) is 3.42. The maximum Gasteiger partial charge on any atom is 0.414 e. The quantitative estimate of drug-likeness (QED) is 0.368. The Labute approximate surface area is 178 Å². The molecule has 0 bridgehead atoms. The van der Waals surface area contributed by atoms with Gasteiger partial charge in [0.05, 0.1) is 25.0 Å². The van der Waals surface area contributed by atoms with E-state index < -0.39 is 18.0 Å². The third kappa shape index (κ3) is 5.16. The SMILES string of the molecule is CC(=O)NCC1CN(c2ccc(-c3ccc(C=NN=C(N)N)cc3)c(F)c2C)C(=O)O1. The number of carbonyl (C=O) groups is 2. The number of hydrogen-bond acceptors (Lipinski definition) is 5. The molecule has 1 aliphatic heterocycles. The number of nitrogens with two attached hydrogens (primary N) is 2. The molecule has 0 aliphatic carbocycles. The zero-order valence-electron chi connectivity index (χ0n) is 17.1. The maximum absolute atomic E-state index is 15.2. The molecule has 1 atom stereocenters. The van der Waals surface area contributed by atoms with E-state index in [1.807, 2.05) is 0 Å². The fourth-order valence-electron chi connectivity index (χ4n) is 3.18. The monoisotopic (exact) mass is 426 g/mol. The predicted octanol–water partition coefficient (Wildman–Crippen LogP) is 1.87. The number of cyclic esters (lactones) is 1. The standard InChI is InChI=1S/C21H23FN6O3/c1-12-18(28-11-16(31-21(28)30)10-25-13(2)29)8-7-17(19(12)22)15-5-3-14(4-6-15)9-26-27-20(23)24/h3-9,16H,10-11H2,1-2H3,(H,25,29)(H4,23,24,27). The molecule has 162 valence electrons. The summed E-state index contributed by atoms with van der Waals surface area (Å²) in [5, 5.41) is 9.87. The van der Waals surface area contributed by atoms with Crippen LogP contribution in [0.2, 0.25) is 0 Å². The number of carbonyl (C=O) groups excluding carboxylic acids is 2. The van der Waals surface area contributed by atoms with Crippen molar-refractivity contribution in [2.75, 3.05) is 18.0 Å². The minimum atomic E-state index is -0.574. The first-order valence-corrected chi connectivity index (χ1v) is 9.50. The van der Waals surface area contributed by atoms with Crippen LogP contribution in [0.4, 0.5) is 14.9 Å². The number of hydrogen-bond donors (Lipinski definition) is 3. The molecule has 3 rings (SSSR count). The molecule has 2 aromatic rings. The second-order valence-electron chi connectivity index (χ2n) is 7.02. The molecule has 9 nitrogen and oxygen atoms in total. The van der Waals surface area contributed by atoms with Crippen molar-refractivity contribution in [2.45, 2.75) is 20.0 Å². The highest BCUT2D eigenvalue weighted by atomic mass is 19.1. The van der Waals surface area contributed by atoms with Crippen LogP contribution in [0.3, 0.4) is 0 Å². The molecule has 5 N–H and O–H groups in total. The van der Waals surface area contributed by atoms with E-state index in [-0.39, 0.29) is 25.0 Å². The largest absolute Gasteiger partial charge is 0.442 e. The highest BCUT2D eigenvalue weighted by molar-refractivity contribution is 5.91. The van der Waals surface area contributed by atoms with Gasteiger partial charge in [-0.2, -0.15) is 5.10 Å². The number of nitrogens with zero attached hydrogens (tertiary/aromatic N) is 3. The van der Waals surface area contributed by atoms with Crippen LogP contribution in [0.25, 0.3) is 11.1 Å². The summed E-state index contributed by atoms with van der Waals surface area (Å²) in [4.78, 5) is 24.7. The van der Waals surface area contributed by atoms with Gasteiger partial charge in [-0.25, -0.2) is 9.18 Å². The fourth-order valence-corrected chi connectivity index (χ4v) is 3.18. The lowest BCUT2D eigenvalue weighted by atomic mass is 10.00. The molecule has 2 amide bonds. The van der Waals surface area contributed by atoms with E-state index in [1.54, 1.807) is 43.3 Å². The molecule has 1 unspecified atom stereocenters. The first-order chi connectivity index (χ1) is 14.8. The molecule has 0 spiro atoms. The number of guanidine groups is 1. The third-order valence-corrected chi connectivity index (χ3v) is 4.70. The zero-order chi connectivity index (χ0) is 22.5. The summed E-state index contributed by atoms with van der Waals surface area (Å²) in [5.74, 6) is -0.791. The molecule has 31 heavy (non-hydrogen) atoms. The molecule has 10 heteroatoms. The first kappa shape index (κ1) is 21.8. The van der Waals surface area contributed by atoms with Crippen LogP contribution in [0.5, 0.6) is 0 Å². The van der Waals surface area contributed by atoms with Crippen molar-refractivity contribution in [3.8, 4) is 11.1 Å². The topological polar surface area (TPSA) is 135 Å². The number of benzene rings is 2. The third-order valence-electron chi connectivity index (χ3n) is 4.70. The van der Waals surface area contributed by atoms with Gasteiger partial charge in [-0.3, -0.25) is 9.69 Å². The van der Waals surface area contributed by atoms with E-state index in [1.165, 1.54) is 18.0 Å². The normalized spacial score (nSPS) is 15.8. The summed E-state index contributed by atoms with van der Waals surface area (Å²) in [7, 11) is 0. The number of amides is 2. The molecular weight excluding hydrogens is 403 g/mol. The van der Waals surface area contributed by atoms with E-state index in [2.05, 4.69) is 15.5 Å². The second kappa shape index (κ2) is 9.24. The van der Waals surface area contributed by atoms with Gasteiger partial charge < -0.3 is 21.5 Å². The lowest BCUT2D eigenvalue weighted by molar-refractivity contribution is -0.119. The minimum absolute atomic E-state index is 0.145. The van der Waals surface area contributed by atoms with E-state index in [0.29, 0.717) is 22.4 Å².